The summed E-state index contributed by atoms with van der Waals surface area (Å²) in [5, 5.41) is 8.90. The van der Waals surface area contributed by atoms with Crippen molar-refractivity contribution in [1.82, 2.24) is 9.80 Å². The highest BCUT2D eigenvalue weighted by atomic mass is 16.7. The Labute approximate surface area is 263 Å². The summed E-state index contributed by atoms with van der Waals surface area (Å²) in [5.74, 6) is 2.82. The van der Waals surface area contributed by atoms with E-state index in [1.165, 1.54) is 0 Å². The zero-order valence-electron chi connectivity index (χ0n) is 25.7. The molecule has 2 aromatic rings. The van der Waals surface area contributed by atoms with Crippen molar-refractivity contribution in [2.75, 3.05) is 79.4 Å². The summed E-state index contributed by atoms with van der Waals surface area (Å²) >= 11 is 0. The van der Waals surface area contributed by atoms with Crippen molar-refractivity contribution >= 4 is 5.91 Å². The minimum Gasteiger partial charge on any atom is -0.459 e. The summed E-state index contributed by atoms with van der Waals surface area (Å²) < 4.78 is 45.7. The van der Waals surface area contributed by atoms with Gasteiger partial charge in [0.05, 0.1) is 26.4 Å². The molecule has 0 aromatic heterocycles. The minimum absolute atomic E-state index is 0.0170. The number of benzene rings is 2. The molecule has 4 aliphatic heterocycles. The van der Waals surface area contributed by atoms with Gasteiger partial charge in [-0.25, -0.2) is 0 Å². The van der Waals surface area contributed by atoms with Gasteiger partial charge in [0.2, 0.25) is 19.9 Å². The highest BCUT2D eigenvalue weighted by Gasteiger charge is 2.40. The molecule has 0 saturated carbocycles. The number of rotatable bonds is 14. The average molecular weight is 627 g/mol. The van der Waals surface area contributed by atoms with Crippen molar-refractivity contribution in [3.63, 3.8) is 0 Å². The number of carbonyl (C=O) groups excluding carboxylic acids is 1. The molecule has 45 heavy (non-hydrogen) atoms. The molecule has 0 bridgehead atoms. The molecule has 4 heterocycles. The summed E-state index contributed by atoms with van der Waals surface area (Å²) in [7, 11) is 0. The molecule has 244 valence electrons. The van der Waals surface area contributed by atoms with Crippen LogP contribution in [0.15, 0.2) is 48.2 Å². The van der Waals surface area contributed by atoms with E-state index in [4.69, 9.17) is 43.0 Å². The van der Waals surface area contributed by atoms with Gasteiger partial charge in [0.25, 0.3) is 5.91 Å². The molecule has 4 aliphatic rings. The zero-order chi connectivity index (χ0) is 31.0. The molecule has 1 saturated heterocycles. The van der Waals surface area contributed by atoms with Gasteiger partial charge in [-0.15, -0.1) is 0 Å². The fraction of sp³-hybridized carbons (Fsp3) is 0.545. The van der Waals surface area contributed by atoms with E-state index >= 15 is 0 Å². The van der Waals surface area contributed by atoms with Gasteiger partial charge in [-0.1, -0.05) is 12.1 Å². The Morgan fingerprint density at radius 1 is 0.867 bits per heavy atom. The predicted molar refractivity (Wildman–Crippen MR) is 161 cm³/mol. The van der Waals surface area contributed by atoms with E-state index in [-0.39, 0.29) is 44.5 Å². The third kappa shape index (κ3) is 7.64. The molecule has 0 radical (unpaired) electrons. The van der Waals surface area contributed by atoms with Crippen LogP contribution in [0.5, 0.6) is 23.0 Å². The maximum absolute atomic E-state index is 13.9. The molecule has 1 amide bonds. The van der Waals surface area contributed by atoms with Crippen molar-refractivity contribution in [2.45, 2.75) is 32.1 Å². The van der Waals surface area contributed by atoms with Gasteiger partial charge < -0.3 is 47.9 Å². The first kappa shape index (κ1) is 31.4. The molecule has 1 fully saturated rings. The van der Waals surface area contributed by atoms with E-state index in [0.717, 1.165) is 42.3 Å². The van der Waals surface area contributed by atoms with Crippen molar-refractivity contribution in [1.29, 1.82) is 0 Å². The van der Waals surface area contributed by atoms with Crippen molar-refractivity contribution in [3.8, 4) is 23.0 Å². The lowest BCUT2D eigenvalue weighted by Crippen LogP contribution is -2.50. The highest BCUT2D eigenvalue weighted by Crippen LogP contribution is 2.43. The average Bonchev–Trinajstić information content (AvgIpc) is 3.74. The summed E-state index contributed by atoms with van der Waals surface area (Å²) in [4.78, 5) is 18.1. The van der Waals surface area contributed by atoms with Gasteiger partial charge in [-0.3, -0.25) is 9.69 Å². The van der Waals surface area contributed by atoms with Gasteiger partial charge in [0.1, 0.15) is 0 Å². The fourth-order valence-electron chi connectivity index (χ4n) is 6.10. The quantitative estimate of drug-likeness (QED) is 0.312. The van der Waals surface area contributed by atoms with Crippen molar-refractivity contribution < 1.29 is 47.8 Å². The Hall–Kier alpha value is -3.55. The molecule has 0 unspecified atom stereocenters. The van der Waals surface area contributed by atoms with Gasteiger partial charge in [0, 0.05) is 57.8 Å². The number of carbonyl (C=O) groups is 1. The monoisotopic (exact) mass is 626 g/mol. The van der Waals surface area contributed by atoms with Crippen LogP contribution in [0.2, 0.25) is 0 Å². The van der Waals surface area contributed by atoms with Crippen LogP contribution in [0.25, 0.3) is 0 Å². The van der Waals surface area contributed by atoms with Crippen LogP contribution in [0.4, 0.5) is 0 Å². The second-order valence-electron chi connectivity index (χ2n) is 11.3. The standard InChI is InChI=1S/C33H42N2O10/c1-2-40-33-25(7-13-38-15-16-39-14-12-36)26(24-4-6-28-30(18-24)44-22-42-28)19-31(45-33)32(37)35-10-8-34(9-11-35)20-23-3-5-27-29(17-23)43-21-41-27/h3-6,17-19,25-26,33,36H,2,7-16,20-22H2,1H3/t25-,26+,33+/m0/s1. The van der Waals surface area contributed by atoms with Gasteiger partial charge in [-0.05, 0) is 54.8 Å². The summed E-state index contributed by atoms with van der Waals surface area (Å²) in [5.41, 5.74) is 2.14. The SMILES string of the molecule is CCO[C@@H]1OC(C(=O)N2CCN(Cc3ccc4c(c3)OCO4)CC2)=C[C@H](c2ccc3c(c2)OCO3)[C@@H]1CCOCCOCCO. The van der Waals surface area contributed by atoms with Crippen LogP contribution in [0, 0.1) is 5.92 Å². The number of piperazine rings is 1. The normalized spacial score (nSPS) is 22.3. The Bertz CT molecular complexity index is 1330. The predicted octanol–water partition coefficient (Wildman–Crippen LogP) is 2.88. The topological polar surface area (TPSA) is 118 Å². The third-order valence-corrected chi connectivity index (χ3v) is 8.41. The second-order valence-corrected chi connectivity index (χ2v) is 11.3. The van der Waals surface area contributed by atoms with E-state index in [9.17, 15) is 4.79 Å². The number of fused-ring (bicyclic) bond motifs is 2. The van der Waals surface area contributed by atoms with Gasteiger partial charge in [0.15, 0.2) is 28.8 Å². The van der Waals surface area contributed by atoms with Gasteiger partial charge >= 0.3 is 0 Å². The van der Waals surface area contributed by atoms with E-state index < -0.39 is 6.29 Å². The number of aliphatic hydroxyl groups excluding tert-OH is 1. The lowest BCUT2D eigenvalue weighted by molar-refractivity contribution is -0.172. The first-order valence-corrected chi connectivity index (χ1v) is 15.7. The smallest absolute Gasteiger partial charge is 0.288 e. The number of amides is 1. The number of aliphatic hydroxyl groups is 1. The van der Waals surface area contributed by atoms with E-state index in [1.807, 2.05) is 48.2 Å². The molecular formula is C33H42N2O10. The van der Waals surface area contributed by atoms with Crippen LogP contribution < -0.4 is 18.9 Å². The maximum atomic E-state index is 13.9. The Balaban J connectivity index is 1.13. The minimum atomic E-state index is -0.629. The molecule has 12 nitrogen and oxygen atoms in total. The second kappa shape index (κ2) is 15.2. The van der Waals surface area contributed by atoms with Crippen LogP contribution >= 0.6 is 0 Å². The Morgan fingerprint density at radius 2 is 1.56 bits per heavy atom. The van der Waals surface area contributed by atoms with E-state index in [2.05, 4.69) is 11.0 Å². The number of hydrogen-bond acceptors (Lipinski definition) is 11. The number of ether oxygens (including phenoxy) is 8. The molecule has 2 aromatic carbocycles. The fourth-order valence-corrected chi connectivity index (χ4v) is 6.10. The first-order valence-electron chi connectivity index (χ1n) is 15.7. The summed E-state index contributed by atoms with van der Waals surface area (Å²) in [6.45, 7) is 7.80. The Morgan fingerprint density at radius 3 is 2.29 bits per heavy atom. The molecular weight excluding hydrogens is 584 g/mol. The summed E-state index contributed by atoms with van der Waals surface area (Å²) in [6, 6.07) is 11.9. The molecule has 0 spiro atoms. The lowest BCUT2D eigenvalue weighted by Gasteiger charge is -2.39. The Kier molecular flexibility index (Phi) is 10.6. The maximum Gasteiger partial charge on any atom is 0.288 e. The van der Waals surface area contributed by atoms with Gasteiger partial charge in [-0.2, -0.15) is 0 Å². The molecule has 6 rings (SSSR count). The van der Waals surface area contributed by atoms with Crippen LogP contribution in [-0.4, -0.2) is 107 Å². The number of hydrogen-bond donors (Lipinski definition) is 1. The van der Waals surface area contributed by atoms with Crippen LogP contribution in [0.1, 0.15) is 30.4 Å². The molecule has 12 heteroatoms. The van der Waals surface area contributed by atoms with E-state index in [0.29, 0.717) is 63.2 Å². The highest BCUT2D eigenvalue weighted by molar-refractivity contribution is 5.92. The molecule has 3 atom stereocenters. The van der Waals surface area contributed by atoms with Crippen LogP contribution in [0.3, 0.4) is 0 Å². The zero-order valence-corrected chi connectivity index (χ0v) is 25.7. The van der Waals surface area contributed by atoms with Crippen molar-refractivity contribution in [2.24, 2.45) is 5.92 Å². The van der Waals surface area contributed by atoms with Crippen molar-refractivity contribution in [3.05, 3.63) is 59.4 Å². The number of allylic oxidation sites excluding steroid dienone is 1. The van der Waals surface area contributed by atoms with E-state index in [1.54, 1.807) is 0 Å². The molecule has 0 aliphatic carbocycles. The number of nitrogens with zero attached hydrogens (tertiary/aromatic N) is 2. The van der Waals surface area contributed by atoms with Crippen LogP contribution in [-0.2, 0) is 30.3 Å². The molecule has 1 N–H and O–H groups in total. The summed E-state index contributed by atoms with van der Waals surface area (Å²) in [6.07, 6.45) is 1.94. The first-order chi connectivity index (χ1) is 22.1. The lowest BCUT2D eigenvalue weighted by atomic mass is 9.81. The third-order valence-electron chi connectivity index (χ3n) is 8.41. The largest absolute Gasteiger partial charge is 0.459 e.